The van der Waals surface area contributed by atoms with E-state index < -0.39 is 0 Å². The molecule has 0 bridgehead atoms. The average molecular weight is 248 g/mol. The minimum atomic E-state index is 0.498. The molecule has 0 fully saturated rings. The van der Waals surface area contributed by atoms with Crippen molar-refractivity contribution in [2.45, 2.75) is 71.6 Å². The Bertz CT molecular complexity index is 343. The van der Waals surface area contributed by atoms with Crippen molar-refractivity contribution in [3.63, 3.8) is 0 Å². The number of phenolic OH excluding ortho intramolecular Hbond substituents is 1. The third-order valence-electron chi connectivity index (χ3n) is 3.79. The summed E-state index contributed by atoms with van der Waals surface area (Å²) >= 11 is 0. The lowest BCUT2D eigenvalue weighted by molar-refractivity contribution is 0.462. The van der Waals surface area contributed by atoms with E-state index in [-0.39, 0.29) is 0 Å². The number of hydrogen-bond acceptors (Lipinski definition) is 1. The van der Waals surface area contributed by atoms with Crippen LogP contribution in [0.5, 0.6) is 5.75 Å². The van der Waals surface area contributed by atoms with Crippen LogP contribution < -0.4 is 0 Å². The van der Waals surface area contributed by atoms with Crippen LogP contribution in [-0.4, -0.2) is 5.11 Å². The summed E-state index contributed by atoms with van der Waals surface area (Å²) in [4.78, 5) is 0. The summed E-state index contributed by atoms with van der Waals surface area (Å²) in [7, 11) is 0. The SMILES string of the molecule is CCCCCc1c(O)cccc1C(CC)CCC. The van der Waals surface area contributed by atoms with E-state index in [1.54, 1.807) is 0 Å². The molecule has 1 aromatic rings. The molecule has 1 nitrogen and oxygen atoms in total. The van der Waals surface area contributed by atoms with Crippen LogP contribution in [0, 0.1) is 0 Å². The fourth-order valence-corrected chi connectivity index (χ4v) is 2.73. The van der Waals surface area contributed by atoms with Gasteiger partial charge >= 0.3 is 0 Å². The Balaban J connectivity index is 2.90. The summed E-state index contributed by atoms with van der Waals surface area (Å²) in [6, 6.07) is 6.04. The second-order valence-corrected chi connectivity index (χ2v) is 5.20. The highest BCUT2D eigenvalue weighted by Crippen LogP contribution is 2.33. The van der Waals surface area contributed by atoms with Crippen LogP contribution in [0.4, 0.5) is 0 Å². The Morgan fingerprint density at radius 1 is 1.06 bits per heavy atom. The van der Waals surface area contributed by atoms with E-state index in [0.29, 0.717) is 11.7 Å². The average Bonchev–Trinajstić information content (AvgIpc) is 2.38. The van der Waals surface area contributed by atoms with E-state index in [1.807, 2.05) is 12.1 Å². The first kappa shape index (κ1) is 15.1. The molecule has 1 atom stereocenters. The summed E-state index contributed by atoms with van der Waals surface area (Å²) in [5.74, 6) is 1.11. The van der Waals surface area contributed by atoms with Gasteiger partial charge in [0.15, 0.2) is 0 Å². The van der Waals surface area contributed by atoms with Crippen molar-refractivity contribution in [3.8, 4) is 5.75 Å². The molecule has 1 aromatic carbocycles. The highest BCUT2D eigenvalue weighted by molar-refractivity contribution is 5.41. The van der Waals surface area contributed by atoms with E-state index in [0.717, 1.165) is 12.8 Å². The zero-order chi connectivity index (χ0) is 13.4. The fourth-order valence-electron chi connectivity index (χ4n) is 2.73. The molecule has 0 aromatic heterocycles. The quantitative estimate of drug-likeness (QED) is 0.609. The summed E-state index contributed by atoms with van der Waals surface area (Å²) in [6.07, 6.45) is 8.29. The number of unbranched alkanes of at least 4 members (excludes halogenated alkanes) is 2. The van der Waals surface area contributed by atoms with Crippen LogP contribution >= 0.6 is 0 Å². The molecule has 18 heavy (non-hydrogen) atoms. The summed E-state index contributed by atoms with van der Waals surface area (Å²) in [5.41, 5.74) is 2.58. The van der Waals surface area contributed by atoms with Gasteiger partial charge in [0.2, 0.25) is 0 Å². The van der Waals surface area contributed by atoms with Gasteiger partial charge in [-0.1, -0.05) is 52.2 Å². The molecule has 1 unspecified atom stereocenters. The fraction of sp³-hybridized carbons (Fsp3) is 0.647. The molecule has 0 aliphatic heterocycles. The monoisotopic (exact) mass is 248 g/mol. The topological polar surface area (TPSA) is 20.2 Å². The molecule has 1 N–H and O–H groups in total. The lowest BCUT2D eigenvalue weighted by atomic mass is 9.86. The van der Waals surface area contributed by atoms with Crippen LogP contribution in [0.25, 0.3) is 0 Å². The van der Waals surface area contributed by atoms with Gasteiger partial charge in [-0.2, -0.15) is 0 Å². The normalized spacial score (nSPS) is 12.6. The molecule has 0 spiro atoms. The van der Waals surface area contributed by atoms with Crippen LogP contribution in [-0.2, 0) is 6.42 Å². The predicted molar refractivity (Wildman–Crippen MR) is 79.3 cm³/mol. The molecule has 0 heterocycles. The lowest BCUT2D eigenvalue weighted by Crippen LogP contribution is -2.02. The second-order valence-electron chi connectivity index (χ2n) is 5.20. The zero-order valence-electron chi connectivity index (χ0n) is 12.2. The third kappa shape index (κ3) is 4.04. The third-order valence-corrected chi connectivity index (χ3v) is 3.79. The van der Waals surface area contributed by atoms with Gasteiger partial charge in [0.25, 0.3) is 0 Å². The minimum Gasteiger partial charge on any atom is -0.508 e. The molecule has 0 aliphatic carbocycles. The molecule has 1 rings (SSSR count). The maximum Gasteiger partial charge on any atom is 0.119 e. The van der Waals surface area contributed by atoms with Crippen molar-refractivity contribution in [3.05, 3.63) is 29.3 Å². The maximum absolute atomic E-state index is 10.1. The van der Waals surface area contributed by atoms with Gasteiger partial charge in [0.05, 0.1) is 0 Å². The minimum absolute atomic E-state index is 0.498. The standard InChI is InChI=1S/C17H28O/c1-4-7-8-11-16-15(12-9-13-17(16)18)14(6-3)10-5-2/h9,12-14,18H,4-8,10-11H2,1-3H3. The Labute approximate surface area is 112 Å². The van der Waals surface area contributed by atoms with E-state index in [1.165, 1.54) is 43.2 Å². The molecule has 0 radical (unpaired) electrons. The van der Waals surface area contributed by atoms with E-state index >= 15 is 0 Å². The highest BCUT2D eigenvalue weighted by atomic mass is 16.3. The van der Waals surface area contributed by atoms with Gasteiger partial charge in [0, 0.05) is 0 Å². The Hall–Kier alpha value is -0.980. The molecular weight excluding hydrogens is 220 g/mol. The van der Waals surface area contributed by atoms with Crippen LogP contribution in [0.15, 0.2) is 18.2 Å². The van der Waals surface area contributed by atoms with E-state index in [9.17, 15) is 5.11 Å². The van der Waals surface area contributed by atoms with Gasteiger partial charge in [-0.05, 0) is 48.8 Å². The van der Waals surface area contributed by atoms with Crippen molar-refractivity contribution >= 4 is 0 Å². The number of rotatable bonds is 8. The van der Waals surface area contributed by atoms with Crippen molar-refractivity contribution in [2.24, 2.45) is 0 Å². The molecule has 0 saturated carbocycles. The number of aromatic hydroxyl groups is 1. The summed E-state index contributed by atoms with van der Waals surface area (Å²) < 4.78 is 0. The molecule has 0 saturated heterocycles. The maximum atomic E-state index is 10.1. The zero-order valence-corrected chi connectivity index (χ0v) is 12.2. The van der Waals surface area contributed by atoms with Crippen LogP contribution in [0.1, 0.15) is 76.3 Å². The summed E-state index contributed by atoms with van der Waals surface area (Å²) in [6.45, 7) is 6.71. The first-order chi connectivity index (χ1) is 8.74. The van der Waals surface area contributed by atoms with Crippen molar-refractivity contribution < 1.29 is 5.11 Å². The van der Waals surface area contributed by atoms with Crippen LogP contribution in [0.2, 0.25) is 0 Å². The highest BCUT2D eigenvalue weighted by Gasteiger charge is 2.15. The smallest absolute Gasteiger partial charge is 0.119 e. The van der Waals surface area contributed by atoms with Gasteiger partial charge in [-0.15, -0.1) is 0 Å². The Morgan fingerprint density at radius 3 is 2.44 bits per heavy atom. The molecular formula is C17H28O. The first-order valence-corrected chi connectivity index (χ1v) is 7.55. The number of phenols is 1. The molecule has 0 aliphatic rings. The van der Waals surface area contributed by atoms with Crippen molar-refractivity contribution in [2.75, 3.05) is 0 Å². The van der Waals surface area contributed by atoms with Gasteiger partial charge in [-0.3, -0.25) is 0 Å². The van der Waals surface area contributed by atoms with Gasteiger partial charge < -0.3 is 5.11 Å². The number of benzene rings is 1. The van der Waals surface area contributed by atoms with Gasteiger partial charge in [0.1, 0.15) is 5.75 Å². The van der Waals surface area contributed by atoms with Crippen molar-refractivity contribution in [1.82, 2.24) is 0 Å². The molecule has 0 amide bonds. The molecule has 102 valence electrons. The van der Waals surface area contributed by atoms with Crippen molar-refractivity contribution in [1.29, 1.82) is 0 Å². The van der Waals surface area contributed by atoms with E-state index in [2.05, 4.69) is 26.8 Å². The Morgan fingerprint density at radius 2 is 1.83 bits per heavy atom. The Kier molecular flexibility index (Phi) is 6.85. The first-order valence-electron chi connectivity index (χ1n) is 7.55. The lowest BCUT2D eigenvalue weighted by Gasteiger charge is -2.19. The largest absolute Gasteiger partial charge is 0.508 e. The van der Waals surface area contributed by atoms with E-state index in [4.69, 9.17) is 0 Å². The second kappa shape index (κ2) is 8.18. The van der Waals surface area contributed by atoms with Crippen LogP contribution in [0.3, 0.4) is 0 Å². The number of hydrogen-bond donors (Lipinski definition) is 1. The van der Waals surface area contributed by atoms with Gasteiger partial charge in [-0.25, -0.2) is 0 Å². The summed E-state index contributed by atoms with van der Waals surface area (Å²) in [5, 5.41) is 10.1. The predicted octanol–water partition coefficient (Wildman–Crippen LogP) is 5.42. The molecule has 1 heteroatoms.